The van der Waals surface area contributed by atoms with Crippen molar-refractivity contribution in [1.29, 1.82) is 0 Å². The molecular formula is C26H37N5O3. The SMILES string of the molecule is CC(=O)NCCN(CCCCc1ccc2c(n1)CCCC2)CC[C@H](Cc1ccncn1)C(=O)O. The third-order valence-electron chi connectivity index (χ3n) is 6.44. The number of carbonyl (C=O) groups excluding carboxylic acids is 1. The molecule has 1 aliphatic rings. The molecule has 8 heteroatoms. The molecule has 1 amide bonds. The molecule has 2 N–H and O–H groups in total. The van der Waals surface area contributed by atoms with Crippen LogP contribution >= 0.6 is 0 Å². The first-order valence-electron chi connectivity index (χ1n) is 12.4. The average Bonchev–Trinajstić information content (AvgIpc) is 2.84. The van der Waals surface area contributed by atoms with E-state index in [1.54, 1.807) is 12.3 Å². The molecule has 0 spiro atoms. The Hall–Kier alpha value is -2.87. The van der Waals surface area contributed by atoms with Crippen LogP contribution in [0.3, 0.4) is 0 Å². The summed E-state index contributed by atoms with van der Waals surface area (Å²) < 4.78 is 0. The van der Waals surface area contributed by atoms with E-state index in [2.05, 4.69) is 32.3 Å². The standard InChI is InChI=1S/C26H37N5O3/c1-20(32)28-14-17-31(16-12-22(26(33)34)18-24-11-13-27-19-29-24)15-5-4-7-23-10-9-21-6-2-3-8-25(21)30-23/h9-11,13,19,22H,2-8,12,14-18H2,1H3,(H,28,32)(H,33,34)/t22-/m1/s1. The summed E-state index contributed by atoms with van der Waals surface area (Å²) in [7, 11) is 0. The Labute approximate surface area is 202 Å². The molecule has 0 fully saturated rings. The fraction of sp³-hybridized carbons (Fsp3) is 0.577. The number of nitrogens with one attached hydrogen (secondary N) is 1. The molecule has 0 saturated heterocycles. The first-order chi connectivity index (χ1) is 16.5. The first kappa shape index (κ1) is 25.7. The van der Waals surface area contributed by atoms with Gasteiger partial charge in [-0.05, 0) is 82.2 Å². The van der Waals surface area contributed by atoms with E-state index in [0.717, 1.165) is 44.3 Å². The number of fused-ring (bicyclic) bond motifs is 1. The number of nitrogens with zero attached hydrogens (tertiary/aromatic N) is 4. The van der Waals surface area contributed by atoms with Crippen molar-refractivity contribution in [2.75, 3.05) is 26.2 Å². The van der Waals surface area contributed by atoms with E-state index in [1.165, 1.54) is 43.0 Å². The third-order valence-corrected chi connectivity index (χ3v) is 6.44. The summed E-state index contributed by atoms with van der Waals surface area (Å²) in [5, 5.41) is 12.5. The van der Waals surface area contributed by atoms with Gasteiger partial charge in [-0.25, -0.2) is 9.97 Å². The Bertz CT molecular complexity index is 922. The molecule has 2 aromatic rings. The number of carbonyl (C=O) groups is 2. The summed E-state index contributed by atoms with van der Waals surface area (Å²) in [5.41, 5.74) is 4.60. The number of unbranched alkanes of at least 4 members (excludes halogenated alkanes) is 1. The maximum absolute atomic E-state index is 11.8. The van der Waals surface area contributed by atoms with Gasteiger partial charge in [0.1, 0.15) is 6.33 Å². The van der Waals surface area contributed by atoms with Crippen LogP contribution in [0.5, 0.6) is 0 Å². The maximum atomic E-state index is 11.8. The molecule has 34 heavy (non-hydrogen) atoms. The average molecular weight is 468 g/mol. The van der Waals surface area contributed by atoms with Gasteiger partial charge in [-0.3, -0.25) is 14.6 Å². The Kier molecular flexibility index (Phi) is 10.4. The minimum Gasteiger partial charge on any atom is -0.481 e. The molecule has 0 radical (unpaired) electrons. The summed E-state index contributed by atoms with van der Waals surface area (Å²) in [6.07, 6.45) is 11.8. The molecule has 184 valence electrons. The first-order valence-corrected chi connectivity index (χ1v) is 12.4. The minimum atomic E-state index is -0.807. The Morgan fingerprint density at radius 1 is 1.09 bits per heavy atom. The van der Waals surface area contributed by atoms with Crippen molar-refractivity contribution in [2.24, 2.45) is 5.92 Å². The van der Waals surface area contributed by atoms with Crippen LogP contribution in [-0.4, -0.2) is 63.0 Å². The van der Waals surface area contributed by atoms with Gasteiger partial charge in [0.25, 0.3) is 0 Å². The number of carboxylic acids is 1. The second-order valence-corrected chi connectivity index (χ2v) is 9.13. The van der Waals surface area contributed by atoms with E-state index in [0.29, 0.717) is 32.5 Å². The zero-order valence-corrected chi connectivity index (χ0v) is 20.2. The Morgan fingerprint density at radius 3 is 2.71 bits per heavy atom. The molecule has 1 atom stereocenters. The second kappa shape index (κ2) is 13.7. The lowest BCUT2D eigenvalue weighted by molar-refractivity contribution is -0.142. The van der Waals surface area contributed by atoms with Crippen molar-refractivity contribution in [1.82, 2.24) is 25.2 Å². The summed E-state index contributed by atoms with van der Waals surface area (Å²) in [4.78, 5) is 38.3. The largest absolute Gasteiger partial charge is 0.481 e. The summed E-state index contributed by atoms with van der Waals surface area (Å²) in [6, 6.07) is 6.18. The van der Waals surface area contributed by atoms with Crippen molar-refractivity contribution in [3.8, 4) is 0 Å². The number of hydrogen-bond donors (Lipinski definition) is 2. The third kappa shape index (κ3) is 8.82. The topological polar surface area (TPSA) is 108 Å². The van der Waals surface area contributed by atoms with Crippen LogP contribution < -0.4 is 5.32 Å². The number of aryl methyl sites for hydroxylation is 3. The normalized spacial score (nSPS) is 13.9. The van der Waals surface area contributed by atoms with E-state index < -0.39 is 11.9 Å². The number of rotatable bonds is 14. The van der Waals surface area contributed by atoms with Crippen molar-refractivity contribution >= 4 is 11.9 Å². The van der Waals surface area contributed by atoms with E-state index in [-0.39, 0.29) is 5.91 Å². The number of pyridine rings is 1. The highest BCUT2D eigenvalue weighted by molar-refractivity contribution is 5.72. The van der Waals surface area contributed by atoms with Gasteiger partial charge in [0.05, 0.1) is 5.92 Å². The van der Waals surface area contributed by atoms with E-state index in [1.807, 2.05) is 0 Å². The van der Waals surface area contributed by atoms with Crippen LogP contribution in [-0.2, 0) is 35.3 Å². The van der Waals surface area contributed by atoms with Gasteiger partial charge in [0, 0.05) is 49.7 Å². The number of amides is 1. The van der Waals surface area contributed by atoms with Crippen LogP contribution in [0.4, 0.5) is 0 Å². The summed E-state index contributed by atoms with van der Waals surface area (Å²) in [6.45, 7) is 4.31. The van der Waals surface area contributed by atoms with Gasteiger partial charge < -0.3 is 15.3 Å². The highest BCUT2D eigenvalue weighted by Gasteiger charge is 2.20. The molecule has 0 aliphatic heterocycles. The van der Waals surface area contributed by atoms with Gasteiger partial charge in [0.15, 0.2) is 0 Å². The van der Waals surface area contributed by atoms with Crippen LogP contribution in [0, 0.1) is 5.92 Å². The number of aliphatic carboxylic acids is 1. The molecule has 0 saturated carbocycles. The lowest BCUT2D eigenvalue weighted by atomic mass is 9.95. The maximum Gasteiger partial charge on any atom is 0.306 e. The van der Waals surface area contributed by atoms with Crippen LogP contribution in [0.2, 0.25) is 0 Å². The zero-order chi connectivity index (χ0) is 24.2. The highest BCUT2D eigenvalue weighted by atomic mass is 16.4. The molecule has 1 aliphatic carbocycles. The highest BCUT2D eigenvalue weighted by Crippen LogP contribution is 2.20. The molecule has 3 rings (SSSR count). The molecule has 0 bridgehead atoms. The zero-order valence-electron chi connectivity index (χ0n) is 20.2. The Balaban J connectivity index is 1.48. The van der Waals surface area contributed by atoms with Crippen LogP contribution in [0.1, 0.15) is 61.7 Å². The molecular weight excluding hydrogens is 430 g/mol. The monoisotopic (exact) mass is 467 g/mol. The van der Waals surface area contributed by atoms with Crippen molar-refractivity contribution in [3.63, 3.8) is 0 Å². The molecule has 2 aromatic heterocycles. The number of hydrogen-bond acceptors (Lipinski definition) is 6. The van der Waals surface area contributed by atoms with E-state index in [9.17, 15) is 14.7 Å². The van der Waals surface area contributed by atoms with Gasteiger partial charge in [-0.15, -0.1) is 0 Å². The molecule has 0 unspecified atom stereocenters. The Morgan fingerprint density at radius 2 is 1.94 bits per heavy atom. The van der Waals surface area contributed by atoms with Crippen LogP contribution in [0.15, 0.2) is 30.7 Å². The smallest absolute Gasteiger partial charge is 0.306 e. The minimum absolute atomic E-state index is 0.0504. The van der Waals surface area contributed by atoms with Gasteiger partial charge in [-0.2, -0.15) is 0 Å². The quantitative estimate of drug-likeness (QED) is 0.411. The lowest BCUT2D eigenvalue weighted by Crippen LogP contribution is -2.36. The van der Waals surface area contributed by atoms with Crippen molar-refractivity contribution in [2.45, 2.75) is 64.7 Å². The predicted molar refractivity (Wildman–Crippen MR) is 130 cm³/mol. The molecule has 0 aromatic carbocycles. The van der Waals surface area contributed by atoms with Crippen LogP contribution in [0.25, 0.3) is 0 Å². The van der Waals surface area contributed by atoms with Gasteiger partial charge >= 0.3 is 5.97 Å². The molecule has 2 heterocycles. The van der Waals surface area contributed by atoms with Gasteiger partial charge in [-0.1, -0.05) is 6.07 Å². The van der Waals surface area contributed by atoms with Crippen molar-refractivity contribution < 1.29 is 14.7 Å². The fourth-order valence-electron chi connectivity index (χ4n) is 4.48. The van der Waals surface area contributed by atoms with Crippen molar-refractivity contribution in [3.05, 3.63) is 53.4 Å². The summed E-state index contributed by atoms with van der Waals surface area (Å²) in [5.74, 6) is -1.36. The van der Waals surface area contributed by atoms with E-state index in [4.69, 9.17) is 4.98 Å². The number of aromatic nitrogens is 3. The lowest BCUT2D eigenvalue weighted by Gasteiger charge is -2.24. The second-order valence-electron chi connectivity index (χ2n) is 9.13. The van der Waals surface area contributed by atoms with E-state index >= 15 is 0 Å². The van der Waals surface area contributed by atoms with Gasteiger partial charge in [0.2, 0.25) is 5.91 Å². The summed E-state index contributed by atoms with van der Waals surface area (Å²) >= 11 is 0. The molecule has 8 nitrogen and oxygen atoms in total. The fourth-order valence-corrected chi connectivity index (χ4v) is 4.48. The number of carboxylic acid groups (broad SMARTS) is 1. The predicted octanol–water partition coefficient (Wildman–Crippen LogP) is 2.84.